The van der Waals surface area contributed by atoms with Crippen molar-refractivity contribution in [1.82, 2.24) is 0 Å². The van der Waals surface area contributed by atoms with Gasteiger partial charge in [-0.25, -0.2) is 4.79 Å². The molecule has 0 saturated carbocycles. The van der Waals surface area contributed by atoms with E-state index in [2.05, 4.69) is 5.32 Å². The zero-order valence-electron chi connectivity index (χ0n) is 14.5. The lowest BCUT2D eigenvalue weighted by Crippen LogP contribution is -2.20. The molecule has 0 aliphatic carbocycles. The summed E-state index contributed by atoms with van der Waals surface area (Å²) in [6.45, 7) is 1.68. The fourth-order valence-electron chi connectivity index (χ4n) is 2.54. The van der Waals surface area contributed by atoms with Crippen molar-refractivity contribution in [3.8, 4) is 5.75 Å². The van der Waals surface area contributed by atoms with Crippen LogP contribution in [0, 0.1) is 5.41 Å². The molecule has 0 atom stereocenters. The Kier molecular flexibility index (Phi) is 6.11. The summed E-state index contributed by atoms with van der Waals surface area (Å²) in [7, 11) is 0. The molecule has 8 heteroatoms. The molecule has 2 rings (SSSR count). The number of Topliss-reactive ketones (excluding diaryl/α,β-unsaturated/α-hetero) is 1. The smallest absolute Gasteiger partial charge is 0.344 e. The van der Waals surface area contributed by atoms with Crippen molar-refractivity contribution in [2.45, 2.75) is 26.7 Å². The number of fused-ring (bicyclic) bond motifs is 1. The topological polar surface area (TPSA) is 126 Å². The SMILES string of the molecule is CC(=N)/C(C(C)=O)=C(/O)COC(=O)COc1ccc2c(c1)CCC(=O)N2. The number of aliphatic hydroxyl groups excluding tert-OH is 1. The molecule has 0 saturated heterocycles. The molecule has 0 bridgehead atoms. The molecule has 1 aromatic carbocycles. The summed E-state index contributed by atoms with van der Waals surface area (Å²) in [4.78, 5) is 34.4. The fraction of sp³-hybridized carbons (Fsp3) is 0.333. The van der Waals surface area contributed by atoms with Crippen LogP contribution in [-0.2, 0) is 25.5 Å². The molecule has 1 aliphatic rings. The number of aliphatic hydroxyl groups is 1. The number of benzene rings is 1. The highest BCUT2D eigenvalue weighted by Crippen LogP contribution is 2.26. The first-order valence-corrected chi connectivity index (χ1v) is 7.97. The lowest BCUT2D eigenvalue weighted by molar-refractivity contribution is -0.145. The predicted octanol–water partition coefficient (Wildman–Crippen LogP) is 1.93. The maximum atomic E-state index is 11.7. The van der Waals surface area contributed by atoms with Crippen LogP contribution in [0.2, 0.25) is 0 Å². The Bertz CT molecular complexity index is 781. The van der Waals surface area contributed by atoms with Gasteiger partial charge in [0, 0.05) is 17.8 Å². The number of hydrogen-bond donors (Lipinski definition) is 3. The van der Waals surface area contributed by atoms with Crippen LogP contribution >= 0.6 is 0 Å². The molecule has 0 radical (unpaired) electrons. The van der Waals surface area contributed by atoms with Crippen molar-refractivity contribution < 1.29 is 29.0 Å². The van der Waals surface area contributed by atoms with Crippen molar-refractivity contribution in [2.24, 2.45) is 0 Å². The maximum Gasteiger partial charge on any atom is 0.344 e. The van der Waals surface area contributed by atoms with Gasteiger partial charge in [0.2, 0.25) is 5.91 Å². The normalized spacial score (nSPS) is 13.8. The van der Waals surface area contributed by atoms with Gasteiger partial charge in [-0.1, -0.05) is 0 Å². The van der Waals surface area contributed by atoms with Gasteiger partial charge in [-0.2, -0.15) is 0 Å². The van der Waals surface area contributed by atoms with Crippen molar-refractivity contribution in [3.63, 3.8) is 0 Å². The molecule has 0 spiro atoms. The van der Waals surface area contributed by atoms with E-state index >= 15 is 0 Å². The first-order valence-electron chi connectivity index (χ1n) is 7.97. The number of ketones is 1. The van der Waals surface area contributed by atoms with Crippen LogP contribution in [0.1, 0.15) is 25.8 Å². The summed E-state index contributed by atoms with van der Waals surface area (Å²) in [5.41, 5.74) is 1.37. The average molecular weight is 360 g/mol. The molecule has 8 nitrogen and oxygen atoms in total. The number of ether oxygens (including phenoxy) is 2. The Balaban J connectivity index is 1.89. The lowest BCUT2D eigenvalue weighted by Gasteiger charge is -2.17. The number of esters is 1. The highest BCUT2D eigenvalue weighted by atomic mass is 16.6. The van der Waals surface area contributed by atoms with Crippen molar-refractivity contribution >= 4 is 29.1 Å². The number of hydrogen-bond acceptors (Lipinski definition) is 7. The average Bonchev–Trinajstić information content (AvgIpc) is 2.57. The van der Waals surface area contributed by atoms with Crippen molar-refractivity contribution in [2.75, 3.05) is 18.5 Å². The molecular formula is C18H20N2O6. The van der Waals surface area contributed by atoms with E-state index in [1.165, 1.54) is 13.8 Å². The Morgan fingerprint density at radius 1 is 1.23 bits per heavy atom. The fourth-order valence-corrected chi connectivity index (χ4v) is 2.54. The van der Waals surface area contributed by atoms with Crippen LogP contribution in [0.5, 0.6) is 5.75 Å². The molecule has 26 heavy (non-hydrogen) atoms. The van der Waals surface area contributed by atoms with Gasteiger partial charge < -0.3 is 25.3 Å². The van der Waals surface area contributed by atoms with Gasteiger partial charge >= 0.3 is 5.97 Å². The van der Waals surface area contributed by atoms with Gasteiger partial charge in [0.1, 0.15) is 18.1 Å². The van der Waals surface area contributed by atoms with Crippen LogP contribution in [-0.4, -0.2) is 41.7 Å². The monoisotopic (exact) mass is 360 g/mol. The number of rotatable bonds is 7. The van der Waals surface area contributed by atoms with Crippen molar-refractivity contribution in [1.29, 1.82) is 5.41 Å². The van der Waals surface area contributed by atoms with Crippen LogP contribution in [0.25, 0.3) is 0 Å². The summed E-state index contributed by atoms with van der Waals surface area (Å²) >= 11 is 0. The number of anilines is 1. The van der Waals surface area contributed by atoms with Gasteiger partial charge in [0.05, 0.1) is 5.57 Å². The zero-order valence-corrected chi connectivity index (χ0v) is 14.5. The third kappa shape index (κ3) is 4.92. The predicted molar refractivity (Wildman–Crippen MR) is 93.6 cm³/mol. The van der Waals surface area contributed by atoms with E-state index in [0.717, 1.165) is 11.3 Å². The van der Waals surface area contributed by atoms with Gasteiger partial charge in [0.15, 0.2) is 12.4 Å². The Hall–Kier alpha value is -3.16. The molecule has 3 N–H and O–H groups in total. The molecule has 0 unspecified atom stereocenters. The zero-order chi connectivity index (χ0) is 19.3. The minimum Gasteiger partial charge on any atom is -0.508 e. The van der Waals surface area contributed by atoms with Gasteiger partial charge in [-0.05, 0) is 44.0 Å². The van der Waals surface area contributed by atoms with Crippen LogP contribution in [0.3, 0.4) is 0 Å². The van der Waals surface area contributed by atoms with Crippen LogP contribution < -0.4 is 10.1 Å². The summed E-state index contributed by atoms with van der Waals surface area (Å²) in [6.07, 6.45) is 0.993. The van der Waals surface area contributed by atoms with Gasteiger partial charge in [-0.3, -0.25) is 9.59 Å². The Labute approximate surface area is 150 Å². The minimum atomic E-state index is -0.729. The maximum absolute atomic E-state index is 11.7. The van der Waals surface area contributed by atoms with Gasteiger partial charge in [0.25, 0.3) is 0 Å². The number of carbonyl (C=O) groups excluding carboxylic acids is 3. The summed E-state index contributed by atoms with van der Waals surface area (Å²) in [5.74, 6) is -1.26. The molecular weight excluding hydrogens is 340 g/mol. The standard InChI is InChI=1S/C18H20N2O6/c1-10(19)18(11(2)21)15(22)8-26-17(24)9-25-13-4-5-14-12(7-13)3-6-16(23)20-14/h4-5,7,19,22H,3,6,8-9H2,1-2H3,(H,20,23)/b18-15-,19-10?. The summed E-state index contributed by atoms with van der Waals surface area (Å²) in [5, 5.41) is 20.0. The molecule has 0 fully saturated rings. The third-order valence-corrected chi connectivity index (χ3v) is 3.71. The van der Waals surface area contributed by atoms with Gasteiger partial charge in [-0.15, -0.1) is 0 Å². The first kappa shape index (κ1) is 19.2. The van der Waals surface area contributed by atoms with Crippen molar-refractivity contribution in [3.05, 3.63) is 35.1 Å². The summed E-state index contributed by atoms with van der Waals surface area (Å²) in [6, 6.07) is 5.07. The minimum absolute atomic E-state index is 0.0345. The summed E-state index contributed by atoms with van der Waals surface area (Å²) < 4.78 is 10.2. The molecule has 0 aromatic heterocycles. The number of amides is 1. The second-order valence-corrected chi connectivity index (χ2v) is 5.82. The number of allylic oxidation sites excluding steroid dienone is 1. The highest BCUT2D eigenvalue weighted by Gasteiger charge is 2.17. The number of nitrogens with one attached hydrogen (secondary N) is 2. The first-order chi connectivity index (χ1) is 12.3. The molecule has 138 valence electrons. The van der Waals surface area contributed by atoms with E-state index < -0.39 is 24.1 Å². The second-order valence-electron chi connectivity index (χ2n) is 5.82. The lowest BCUT2D eigenvalue weighted by atomic mass is 10.0. The van der Waals surface area contributed by atoms with Crippen LogP contribution in [0.15, 0.2) is 29.5 Å². The van der Waals surface area contributed by atoms with E-state index in [-0.39, 0.29) is 23.8 Å². The quantitative estimate of drug-likeness (QED) is 0.295. The van der Waals surface area contributed by atoms with E-state index in [1.807, 2.05) is 0 Å². The number of aryl methyl sites for hydroxylation is 1. The molecule has 1 heterocycles. The largest absolute Gasteiger partial charge is 0.508 e. The van der Waals surface area contributed by atoms with E-state index in [9.17, 15) is 19.5 Å². The molecule has 1 amide bonds. The van der Waals surface area contributed by atoms with Crippen LogP contribution in [0.4, 0.5) is 5.69 Å². The third-order valence-electron chi connectivity index (χ3n) is 3.71. The molecule has 1 aromatic rings. The van der Waals surface area contributed by atoms with E-state index in [0.29, 0.717) is 18.6 Å². The van der Waals surface area contributed by atoms with E-state index in [1.54, 1.807) is 18.2 Å². The van der Waals surface area contributed by atoms with E-state index in [4.69, 9.17) is 14.9 Å². The Morgan fingerprint density at radius 3 is 2.62 bits per heavy atom. The second kappa shape index (κ2) is 8.28. The Morgan fingerprint density at radius 2 is 1.96 bits per heavy atom. The molecule has 1 aliphatic heterocycles. The highest BCUT2D eigenvalue weighted by molar-refractivity contribution is 6.19. The number of carbonyl (C=O) groups is 3.